The molecule has 7 heteroatoms. The van der Waals surface area contributed by atoms with Crippen LogP contribution in [0.25, 0.3) is 0 Å². The van der Waals surface area contributed by atoms with Crippen molar-refractivity contribution in [2.24, 2.45) is 0 Å². The minimum Gasteiger partial charge on any atom is -0.481 e. The van der Waals surface area contributed by atoms with E-state index in [1.54, 1.807) is 24.3 Å². The van der Waals surface area contributed by atoms with E-state index in [-0.39, 0.29) is 11.5 Å². The summed E-state index contributed by atoms with van der Waals surface area (Å²) in [5.41, 5.74) is 1.21. The van der Waals surface area contributed by atoms with Gasteiger partial charge in [0.1, 0.15) is 5.75 Å². The van der Waals surface area contributed by atoms with Crippen molar-refractivity contribution >= 4 is 23.9 Å². The smallest absolute Gasteiger partial charge is 0.344 e. The van der Waals surface area contributed by atoms with Gasteiger partial charge in [0.25, 0.3) is 5.91 Å². The molecular weight excluding hydrogens is 362 g/mol. The number of para-hydroxylation sites is 1. The lowest BCUT2D eigenvalue weighted by atomic mass is 10.0. The van der Waals surface area contributed by atoms with Gasteiger partial charge in [0, 0.05) is 0 Å². The Balaban J connectivity index is 1.79. The van der Waals surface area contributed by atoms with Gasteiger partial charge in [-0.2, -0.15) is 0 Å². The molecule has 1 N–H and O–H groups in total. The lowest BCUT2D eigenvalue weighted by Crippen LogP contribution is -2.43. The summed E-state index contributed by atoms with van der Waals surface area (Å²) in [5.74, 6) is -1.30. The second-order valence-electron chi connectivity index (χ2n) is 6.03. The molecule has 1 atom stereocenters. The van der Waals surface area contributed by atoms with Crippen molar-refractivity contribution in [3.8, 4) is 5.75 Å². The summed E-state index contributed by atoms with van der Waals surface area (Å²) in [7, 11) is 0. The third kappa shape index (κ3) is 6.68. The van der Waals surface area contributed by atoms with Gasteiger partial charge in [-0.25, -0.2) is 4.79 Å². The molecule has 0 aliphatic rings. The predicted octanol–water partition coefficient (Wildman–Crippen LogP) is 1.74. The van der Waals surface area contributed by atoms with Crippen LogP contribution in [0.4, 0.5) is 0 Å². The lowest BCUT2D eigenvalue weighted by Gasteiger charge is -2.16. The highest BCUT2D eigenvalue weighted by Crippen LogP contribution is 2.15. The monoisotopic (exact) mass is 383 g/mol. The molecule has 0 radical (unpaired) electrons. The number of rotatable bonds is 10. The molecule has 0 aliphatic heterocycles. The number of ether oxygens (including phenoxy) is 2. The van der Waals surface area contributed by atoms with Gasteiger partial charge in [0.15, 0.2) is 25.3 Å². The molecule has 2 aromatic carbocycles. The van der Waals surface area contributed by atoms with E-state index in [0.717, 1.165) is 5.56 Å². The molecule has 0 heterocycles. The van der Waals surface area contributed by atoms with E-state index in [1.165, 1.54) is 6.92 Å². The van der Waals surface area contributed by atoms with Gasteiger partial charge in [0.05, 0.1) is 11.6 Å². The fourth-order valence-electron chi connectivity index (χ4n) is 2.42. The second-order valence-corrected chi connectivity index (χ2v) is 6.03. The Kier molecular flexibility index (Phi) is 7.90. The van der Waals surface area contributed by atoms with Gasteiger partial charge in [-0.05, 0) is 31.0 Å². The summed E-state index contributed by atoms with van der Waals surface area (Å²) >= 11 is 0. The third-order valence-electron chi connectivity index (χ3n) is 3.86. The number of carbonyl (C=O) groups excluding carboxylic acids is 4. The number of aldehydes is 1. The molecule has 7 nitrogen and oxygen atoms in total. The van der Waals surface area contributed by atoms with Gasteiger partial charge in [0.2, 0.25) is 0 Å². The molecule has 0 aromatic heterocycles. The maximum Gasteiger partial charge on any atom is 0.344 e. The van der Waals surface area contributed by atoms with E-state index < -0.39 is 31.1 Å². The Morgan fingerprint density at radius 3 is 2.36 bits per heavy atom. The van der Waals surface area contributed by atoms with Gasteiger partial charge in [-0.3, -0.25) is 14.4 Å². The van der Waals surface area contributed by atoms with Crippen LogP contribution in [-0.4, -0.2) is 43.2 Å². The quantitative estimate of drug-likeness (QED) is 0.496. The molecule has 0 bridgehead atoms. The van der Waals surface area contributed by atoms with E-state index in [0.29, 0.717) is 18.3 Å². The van der Waals surface area contributed by atoms with Crippen LogP contribution in [0.2, 0.25) is 0 Å². The Morgan fingerprint density at radius 2 is 1.68 bits per heavy atom. The molecular formula is C21H21NO6. The second kappa shape index (κ2) is 10.6. The zero-order chi connectivity index (χ0) is 20.4. The molecule has 2 aromatic rings. The van der Waals surface area contributed by atoms with Gasteiger partial charge < -0.3 is 14.8 Å². The number of carbonyl (C=O) groups is 4. The topological polar surface area (TPSA) is 98.8 Å². The van der Waals surface area contributed by atoms with Crippen molar-refractivity contribution < 1.29 is 28.7 Å². The van der Waals surface area contributed by atoms with Crippen molar-refractivity contribution in [2.75, 3.05) is 13.2 Å². The fourth-order valence-corrected chi connectivity index (χ4v) is 2.42. The number of nitrogens with one attached hydrogen (secondary N) is 1. The SMILES string of the molecule is CC(=O)[C@@H](Cc1ccccc1)NC(=O)COC(=O)COc1ccccc1C=O. The van der Waals surface area contributed by atoms with E-state index in [1.807, 2.05) is 30.3 Å². The van der Waals surface area contributed by atoms with Gasteiger partial charge in [-0.15, -0.1) is 0 Å². The van der Waals surface area contributed by atoms with Crippen molar-refractivity contribution in [1.82, 2.24) is 5.32 Å². The lowest BCUT2D eigenvalue weighted by molar-refractivity contribution is -0.150. The number of hydrogen-bond donors (Lipinski definition) is 1. The maximum atomic E-state index is 12.0. The molecule has 2 rings (SSSR count). The molecule has 0 spiro atoms. The number of ketones is 1. The van der Waals surface area contributed by atoms with E-state index in [2.05, 4.69) is 5.32 Å². The van der Waals surface area contributed by atoms with Gasteiger partial charge >= 0.3 is 5.97 Å². The standard InChI is InChI=1S/C21H21NO6/c1-15(24)18(11-16-7-3-2-4-8-16)22-20(25)13-28-21(26)14-27-19-10-6-5-9-17(19)12-23/h2-10,12,18H,11,13-14H2,1H3,(H,22,25)/t18-/m1/s1. The highest BCUT2D eigenvalue weighted by atomic mass is 16.6. The summed E-state index contributed by atoms with van der Waals surface area (Å²) in [6.07, 6.45) is 0.962. The number of benzene rings is 2. The fraction of sp³-hybridized carbons (Fsp3) is 0.238. The number of amides is 1. The van der Waals surface area contributed by atoms with E-state index >= 15 is 0 Å². The third-order valence-corrected chi connectivity index (χ3v) is 3.86. The minimum absolute atomic E-state index is 0.197. The van der Waals surface area contributed by atoms with Crippen molar-refractivity contribution in [3.05, 3.63) is 65.7 Å². The highest BCUT2D eigenvalue weighted by Gasteiger charge is 2.18. The first-order valence-electron chi connectivity index (χ1n) is 8.66. The summed E-state index contributed by atoms with van der Waals surface area (Å²) in [6, 6.07) is 15.0. The summed E-state index contributed by atoms with van der Waals surface area (Å²) in [5, 5.41) is 2.56. The Labute approximate surface area is 162 Å². The van der Waals surface area contributed by atoms with Crippen LogP contribution in [0, 0.1) is 0 Å². The van der Waals surface area contributed by atoms with Crippen LogP contribution in [0.15, 0.2) is 54.6 Å². The molecule has 0 saturated carbocycles. The average molecular weight is 383 g/mol. The molecule has 146 valence electrons. The molecule has 0 fully saturated rings. The Bertz CT molecular complexity index is 834. The number of hydrogen-bond acceptors (Lipinski definition) is 6. The number of esters is 1. The van der Waals surface area contributed by atoms with Crippen LogP contribution in [0.3, 0.4) is 0 Å². The predicted molar refractivity (Wildman–Crippen MR) is 101 cm³/mol. The zero-order valence-corrected chi connectivity index (χ0v) is 15.4. The molecule has 0 saturated heterocycles. The largest absolute Gasteiger partial charge is 0.481 e. The molecule has 28 heavy (non-hydrogen) atoms. The molecule has 1 amide bonds. The number of Topliss-reactive ketones (excluding diaryl/α,β-unsaturated/α-hetero) is 1. The first-order valence-corrected chi connectivity index (χ1v) is 8.66. The van der Waals surface area contributed by atoms with Crippen molar-refractivity contribution in [3.63, 3.8) is 0 Å². The van der Waals surface area contributed by atoms with E-state index in [4.69, 9.17) is 9.47 Å². The van der Waals surface area contributed by atoms with Crippen LogP contribution >= 0.6 is 0 Å². The van der Waals surface area contributed by atoms with Crippen LogP contribution in [-0.2, 0) is 25.5 Å². The van der Waals surface area contributed by atoms with Crippen LogP contribution < -0.4 is 10.1 Å². The summed E-state index contributed by atoms with van der Waals surface area (Å²) in [4.78, 5) is 46.4. The zero-order valence-electron chi connectivity index (χ0n) is 15.4. The Hall–Kier alpha value is -3.48. The van der Waals surface area contributed by atoms with Crippen LogP contribution in [0.1, 0.15) is 22.8 Å². The molecule has 0 aliphatic carbocycles. The maximum absolute atomic E-state index is 12.0. The van der Waals surface area contributed by atoms with Crippen molar-refractivity contribution in [1.29, 1.82) is 0 Å². The normalized spacial score (nSPS) is 11.2. The van der Waals surface area contributed by atoms with Gasteiger partial charge in [-0.1, -0.05) is 42.5 Å². The molecule has 0 unspecified atom stereocenters. The minimum atomic E-state index is -0.765. The average Bonchev–Trinajstić information content (AvgIpc) is 2.71. The summed E-state index contributed by atoms with van der Waals surface area (Å²) in [6.45, 7) is 0.409. The van der Waals surface area contributed by atoms with Crippen molar-refractivity contribution in [2.45, 2.75) is 19.4 Å². The van der Waals surface area contributed by atoms with E-state index in [9.17, 15) is 19.2 Å². The highest BCUT2D eigenvalue weighted by molar-refractivity contribution is 5.89. The first-order chi connectivity index (χ1) is 13.5. The summed E-state index contributed by atoms with van der Waals surface area (Å²) < 4.78 is 10.1. The Morgan fingerprint density at radius 1 is 1.00 bits per heavy atom. The van der Waals surface area contributed by atoms with Crippen LogP contribution in [0.5, 0.6) is 5.75 Å². The first kappa shape index (κ1) is 20.8.